The molecule has 0 unspecified atom stereocenters. The second-order valence-corrected chi connectivity index (χ2v) is 5.83. The monoisotopic (exact) mass is 282 g/mol. The summed E-state index contributed by atoms with van der Waals surface area (Å²) in [6.45, 7) is 15.8. The van der Waals surface area contributed by atoms with E-state index in [1.54, 1.807) is 0 Å². The fourth-order valence-corrected chi connectivity index (χ4v) is 3.32. The van der Waals surface area contributed by atoms with Crippen molar-refractivity contribution in [1.29, 1.82) is 0 Å². The quantitative estimate of drug-likeness (QED) is 0.732. The molecule has 0 aromatic heterocycles. The van der Waals surface area contributed by atoms with Gasteiger partial charge in [-0.2, -0.15) is 0 Å². The van der Waals surface area contributed by atoms with E-state index in [1.165, 1.54) is 0 Å². The molecule has 20 heavy (non-hydrogen) atoms. The summed E-state index contributed by atoms with van der Waals surface area (Å²) in [7, 11) is 0. The van der Waals surface area contributed by atoms with Crippen molar-refractivity contribution in [1.82, 2.24) is 19.6 Å². The Bertz CT molecular complexity index is 319. The zero-order valence-corrected chi connectivity index (χ0v) is 13.3. The molecule has 2 heterocycles. The summed E-state index contributed by atoms with van der Waals surface area (Å²) >= 11 is 0. The highest BCUT2D eigenvalue weighted by molar-refractivity contribution is 5.75. The van der Waals surface area contributed by atoms with Crippen LogP contribution in [-0.4, -0.2) is 90.6 Å². The molecule has 5 heteroatoms. The summed E-state index contributed by atoms with van der Waals surface area (Å²) in [5.41, 5.74) is 0. The van der Waals surface area contributed by atoms with E-state index in [-0.39, 0.29) is 6.03 Å². The molecule has 2 rings (SSSR count). The molecule has 0 N–H and O–H groups in total. The molecule has 5 nitrogen and oxygen atoms in total. The van der Waals surface area contributed by atoms with E-state index in [0.717, 1.165) is 65.3 Å². The van der Waals surface area contributed by atoms with Crippen LogP contribution in [0.25, 0.3) is 0 Å². The first-order valence-electron chi connectivity index (χ1n) is 8.19. The van der Waals surface area contributed by atoms with Crippen molar-refractivity contribution in [3.05, 3.63) is 0 Å². The Morgan fingerprint density at radius 2 is 1.90 bits per heavy atom. The van der Waals surface area contributed by atoms with Crippen LogP contribution >= 0.6 is 0 Å². The van der Waals surface area contributed by atoms with Gasteiger partial charge in [0, 0.05) is 51.9 Å². The fraction of sp³-hybridized carbons (Fsp3) is 0.933. The van der Waals surface area contributed by atoms with Crippen LogP contribution in [-0.2, 0) is 0 Å². The Labute approximate surface area is 123 Å². The van der Waals surface area contributed by atoms with Gasteiger partial charge in [0.15, 0.2) is 0 Å². The van der Waals surface area contributed by atoms with Crippen molar-refractivity contribution >= 4 is 6.03 Å². The van der Waals surface area contributed by atoms with E-state index in [9.17, 15) is 4.79 Å². The third-order valence-electron chi connectivity index (χ3n) is 4.82. The van der Waals surface area contributed by atoms with Gasteiger partial charge in [-0.3, -0.25) is 4.90 Å². The molecule has 0 radical (unpaired) electrons. The van der Waals surface area contributed by atoms with E-state index in [4.69, 9.17) is 0 Å². The second-order valence-electron chi connectivity index (χ2n) is 5.83. The molecule has 0 aromatic carbocycles. The normalized spacial score (nSPS) is 24.4. The molecular formula is C15H30N4O. The SMILES string of the molecule is CCN(CC)CCN1CCN2C(=O)N(CC)CC[C@@H]2C1. The van der Waals surface area contributed by atoms with Gasteiger partial charge in [0.1, 0.15) is 0 Å². The number of piperazine rings is 1. The highest BCUT2D eigenvalue weighted by atomic mass is 16.2. The van der Waals surface area contributed by atoms with Gasteiger partial charge >= 0.3 is 6.03 Å². The highest BCUT2D eigenvalue weighted by Crippen LogP contribution is 2.20. The number of amides is 2. The van der Waals surface area contributed by atoms with Crippen LogP contribution in [0.3, 0.4) is 0 Å². The lowest BCUT2D eigenvalue weighted by molar-refractivity contribution is 0.0424. The number of urea groups is 1. The number of hydrogen-bond acceptors (Lipinski definition) is 3. The number of hydrogen-bond donors (Lipinski definition) is 0. The molecule has 116 valence electrons. The molecule has 1 atom stereocenters. The zero-order valence-electron chi connectivity index (χ0n) is 13.3. The Hall–Kier alpha value is -0.810. The predicted molar refractivity (Wildman–Crippen MR) is 82.0 cm³/mol. The summed E-state index contributed by atoms with van der Waals surface area (Å²) < 4.78 is 0. The van der Waals surface area contributed by atoms with Crippen LogP contribution in [0.15, 0.2) is 0 Å². The molecule has 0 aromatic rings. The van der Waals surface area contributed by atoms with Gasteiger partial charge in [0.2, 0.25) is 0 Å². The van der Waals surface area contributed by atoms with Gasteiger partial charge in [-0.15, -0.1) is 0 Å². The molecule has 0 aliphatic carbocycles. The summed E-state index contributed by atoms with van der Waals surface area (Å²) in [6.07, 6.45) is 1.13. The molecule has 0 spiro atoms. The van der Waals surface area contributed by atoms with Gasteiger partial charge in [-0.05, 0) is 26.4 Å². The van der Waals surface area contributed by atoms with Gasteiger partial charge in [0.25, 0.3) is 0 Å². The van der Waals surface area contributed by atoms with Crippen molar-refractivity contribution in [3.63, 3.8) is 0 Å². The Morgan fingerprint density at radius 1 is 1.15 bits per heavy atom. The Morgan fingerprint density at radius 3 is 2.55 bits per heavy atom. The van der Waals surface area contributed by atoms with Crippen LogP contribution in [0.1, 0.15) is 27.2 Å². The highest BCUT2D eigenvalue weighted by Gasteiger charge is 2.36. The van der Waals surface area contributed by atoms with E-state index < -0.39 is 0 Å². The second kappa shape index (κ2) is 7.27. The number of likely N-dealkylation sites (N-methyl/N-ethyl adjacent to an activating group) is 1. The molecule has 2 amide bonds. The first-order valence-corrected chi connectivity index (χ1v) is 8.19. The van der Waals surface area contributed by atoms with E-state index >= 15 is 0 Å². The zero-order chi connectivity index (χ0) is 14.5. The maximum absolute atomic E-state index is 12.3. The standard InChI is InChI=1S/C15H30N4O/c1-4-16(5-2)9-10-17-11-12-19-14(13-17)7-8-18(6-3)15(19)20/h14H,4-13H2,1-3H3/t14-/m1/s1. The van der Waals surface area contributed by atoms with Crippen LogP contribution < -0.4 is 0 Å². The minimum atomic E-state index is 0.257. The third-order valence-corrected chi connectivity index (χ3v) is 4.82. The van der Waals surface area contributed by atoms with E-state index in [2.05, 4.69) is 35.5 Å². The molecule has 0 bridgehead atoms. The maximum atomic E-state index is 12.3. The predicted octanol–water partition coefficient (Wildman–Crippen LogP) is 1.16. The van der Waals surface area contributed by atoms with Gasteiger partial charge in [-0.25, -0.2) is 4.79 Å². The van der Waals surface area contributed by atoms with E-state index in [0.29, 0.717) is 6.04 Å². The third kappa shape index (κ3) is 3.44. The lowest BCUT2D eigenvalue weighted by Gasteiger charge is -2.47. The summed E-state index contributed by atoms with van der Waals surface area (Å²) in [6, 6.07) is 0.697. The summed E-state index contributed by atoms with van der Waals surface area (Å²) in [5.74, 6) is 0. The van der Waals surface area contributed by atoms with Crippen molar-refractivity contribution in [2.45, 2.75) is 33.2 Å². The van der Waals surface area contributed by atoms with Crippen molar-refractivity contribution in [2.24, 2.45) is 0 Å². The number of fused-ring (bicyclic) bond motifs is 1. The maximum Gasteiger partial charge on any atom is 0.320 e. The average molecular weight is 282 g/mol. The van der Waals surface area contributed by atoms with Gasteiger partial charge < -0.3 is 14.7 Å². The van der Waals surface area contributed by atoms with Crippen LogP contribution in [0.4, 0.5) is 4.79 Å². The molecule has 2 saturated heterocycles. The Balaban J connectivity index is 1.82. The average Bonchev–Trinajstić information content (AvgIpc) is 2.48. The summed E-state index contributed by atoms with van der Waals surface area (Å²) in [5, 5.41) is 0. The van der Waals surface area contributed by atoms with Crippen LogP contribution in [0, 0.1) is 0 Å². The molecular weight excluding hydrogens is 252 g/mol. The van der Waals surface area contributed by atoms with Crippen LogP contribution in [0.5, 0.6) is 0 Å². The minimum Gasteiger partial charge on any atom is -0.325 e. The van der Waals surface area contributed by atoms with Crippen molar-refractivity contribution in [2.75, 3.05) is 58.9 Å². The first-order chi connectivity index (χ1) is 9.69. The van der Waals surface area contributed by atoms with Crippen LogP contribution in [0.2, 0.25) is 0 Å². The van der Waals surface area contributed by atoms with Gasteiger partial charge in [-0.1, -0.05) is 13.8 Å². The number of carbonyl (C=O) groups excluding carboxylic acids is 1. The largest absolute Gasteiger partial charge is 0.325 e. The number of carbonyl (C=O) groups is 1. The fourth-order valence-electron chi connectivity index (χ4n) is 3.32. The molecule has 2 fully saturated rings. The first kappa shape index (κ1) is 15.6. The number of rotatable bonds is 6. The Kier molecular flexibility index (Phi) is 5.66. The molecule has 0 saturated carbocycles. The summed E-state index contributed by atoms with van der Waals surface area (Å²) in [4.78, 5) is 21.4. The lowest BCUT2D eigenvalue weighted by atomic mass is 10.1. The lowest BCUT2D eigenvalue weighted by Crippen LogP contribution is -2.62. The molecule has 2 aliphatic heterocycles. The smallest absolute Gasteiger partial charge is 0.320 e. The minimum absolute atomic E-state index is 0.257. The van der Waals surface area contributed by atoms with Crippen molar-refractivity contribution in [3.8, 4) is 0 Å². The van der Waals surface area contributed by atoms with Gasteiger partial charge in [0.05, 0.1) is 0 Å². The molecule has 2 aliphatic rings. The topological polar surface area (TPSA) is 30.0 Å². The van der Waals surface area contributed by atoms with E-state index in [1.807, 2.05) is 4.90 Å². The number of nitrogens with zero attached hydrogens (tertiary/aromatic N) is 4. The van der Waals surface area contributed by atoms with Crippen molar-refractivity contribution < 1.29 is 4.79 Å².